The van der Waals surface area contributed by atoms with E-state index in [0.717, 1.165) is 59.6 Å². The molecule has 2 heterocycles. The third kappa shape index (κ3) is 3.58. The summed E-state index contributed by atoms with van der Waals surface area (Å²) in [5.41, 5.74) is 9.27. The van der Waals surface area contributed by atoms with Crippen molar-refractivity contribution in [2.24, 2.45) is 16.8 Å². The van der Waals surface area contributed by atoms with E-state index in [4.69, 9.17) is 20.0 Å². The van der Waals surface area contributed by atoms with Crippen LogP contribution in [0.25, 0.3) is 0 Å². The van der Waals surface area contributed by atoms with Crippen molar-refractivity contribution in [3.63, 3.8) is 0 Å². The number of ether oxygens (including phenoxy) is 2. The lowest BCUT2D eigenvalue weighted by molar-refractivity contribution is -0.134. The van der Waals surface area contributed by atoms with Gasteiger partial charge in [-0.05, 0) is 36.6 Å². The number of nitrogens with two attached hydrogens (primary N) is 1. The zero-order valence-electron chi connectivity index (χ0n) is 19.1. The van der Waals surface area contributed by atoms with Crippen LogP contribution in [0.1, 0.15) is 42.4 Å². The van der Waals surface area contributed by atoms with E-state index in [9.17, 15) is 4.79 Å². The minimum absolute atomic E-state index is 0.0128. The van der Waals surface area contributed by atoms with Crippen LogP contribution in [0.5, 0.6) is 11.5 Å². The van der Waals surface area contributed by atoms with E-state index in [0.29, 0.717) is 25.3 Å². The van der Waals surface area contributed by atoms with Gasteiger partial charge in [0, 0.05) is 23.1 Å². The van der Waals surface area contributed by atoms with Gasteiger partial charge in [0.05, 0.1) is 39.4 Å². The minimum atomic E-state index is -0.748. The van der Waals surface area contributed by atoms with Crippen molar-refractivity contribution in [1.82, 2.24) is 4.90 Å². The van der Waals surface area contributed by atoms with Crippen LogP contribution in [0.15, 0.2) is 41.6 Å². The molecule has 0 bridgehead atoms. The number of hydrogen-bond donors (Lipinski definition) is 2. The van der Waals surface area contributed by atoms with E-state index in [1.807, 2.05) is 36.4 Å². The number of para-hydroxylation sites is 1. The Morgan fingerprint density at radius 2 is 2.03 bits per heavy atom. The molecule has 8 nitrogen and oxygen atoms in total. The highest BCUT2D eigenvalue weighted by atomic mass is 16.7. The molecular weight excluding hydrogens is 420 g/mol. The molecule has 0 spiro atoms. The molecule has 0 saturated heterocycles. The number of nitrogens with one attached hydrogen (secondary N) is 1. The van der Waals surface area contributed by atoms with Crippen LogP contribution in [0.4, 0.5) is 5.69 Å². The fourth-order valence-electron chi connectivity index (χ4n) is 5.38. The number of oxime groups is 1. The van der Waals surface area contributed by atoms with Crippen molar-refractivity contribution in [2.75, 3.05) is 26.1 Å². The Morgan fingerprint density at radius 1 is 1.21 bits per heavy atom. The Bertz CT molecular complexity index is 1100. The van der Waals surface area contributed by atoms with Crippen molar-refractivity contribution in [3.8, 4) is 11.5 Å². The summed E-state index contributed by atoms with van der Waals surface area (Å²) < 4.78 is 11.1. The highest BCUT2D eigenvalue weighted by molar-refractivity contribution is 6.11. The van der Waals surface area contributed by atoms with Gasteiger partial charge in [0.1, 0.15) is 11.5 Å². The molecule has 1 unspecified atom stereocenters. The fraction of sp³-hybridized carbons (Fsp3) is 0.440. The van der Waals surface area contributed by atoms with Gasteiger partial charge in [-0.1, -0.05) is 30.1 Å². The molecule has 1 fully saturated rings. The second-order valence-electron chi connectivity index (χ2n) is 8.87. The van der Waals surface area contributed by atoms with Gasteiger partial charge in [0.2, 0.25) is 11.6 Å². The molecule has 1 amide bonds. The first kappa shape index (κ1) is 21.6. The molecule has 1 atom stereocenters. The summed E-state index contributed by atoms with van der Waals surface area (Å²) in [6.45, 7) is 0.807. The number of benzene rings is 2. The Kier molecular flexibility index (Phi) is 5.62. The summed E-state index contributed by atoms with van der Waals surface area (Å²) in [6, 6.07) is 11.7. The smallest absolute Gasteiger partial charge is 0.228 e. The quantitative estimate of drug-likeness (QED) is 0.672. The van der Waals surface area contributed by atoms with E-state index in [1.165, 1.54) is 0 Å². The molecule has 3 N–H and O–H groups in total. The van der Waals surface area contributed by atoms with Crippen LogP contribution in [0, 0.1) is 5.92 Å². The van der Waals surface area contributed by atoms with Gasteiger partial charge in [-0.25, -0.2) is 0 Å². The number of amides is 1. The number of amidine groups is 1. The first-order valence-corrected chi connectivity index (χ1v) is 11.5. The maximum atomic E-state index is 12.1. The van der Waals surface area contributed by atoms with Crippen molar-refractivity contribution < 1.29 is 19.1 Å². The van der Waals surface area contributed by atoms with Gasteiger partial charge in [-0.2, -0.15) is 0 Å². The first-order valence-electron chi connectivity index (χ1n) is 11.5. The summed E-state index contributed by atoms with van der Waals surface area (Å²) in [5.74, 6) is 2.39. The topological polar surface area (TPSA) is 98.4 Å². The van der Waals surface area contributed by atoms with E-state index in [-0.39, 0.29) is 11.8 Å². The number of nitrogens with zero attached hydrogens (tertiary/aromatic N) is 2. The normalized spacial score (nSPS) is 22.1. The molecular formula is C25H30N4O4. The summed E-state index contributed by atoms with van der Waals surface area (Å²) in [5, 5.41) is 7.60. The maximum absolute atomic E-state index is 12.1. The standard InChI is InChI=1S/C25H30N4O4/c1-31-19-11-10-17(21(13-19)32-2)14-29-24(20-9-5-6-16-12-22(30)27-23(16)20)28-33-25(29,15-26)18-7-3-4-8-18/h5-6,9-11,13,18H,3-4,7-8,12,14-15,26H2,1-2H3,(H,27,30). The predicted octanol–water partition coefficient (Wildman–Crippen LogP) is 3.24. The van der Waals surface area contributed by atoms with Crippen molar-refractivity contribution in [3.05, 3.63) is 53.1 Å². The van der Waals surface area contributed by atoms with Crippen LogP contribution in [0.2, 0.25) is 0 Å². The number of rotatable bonds is 7. The zero-order valence-corrected chi connectivity index (χ0v) is 19.1. The van der Waals surface area contributed by atoms with Crippen LogP contribution in [-0.2, 0) is 22.6 Å². The molecule has 0 aromatic heterocycles. The van der Waals surface area contributed by atoms with Crippen LogP contribution >= 0.6 is 0 Å². The van der Waals surface area contributed by atoms with E-state index >= 15 is 0 Å². The fourth-order valence-corrected chi connectivity index (χ4v) is 5.38. The van der Waals surface area contributed by atoms with Crippen LogP contribution < -0.4 is 20.5 Å². The predicted molar refractivity (Wildman–Crippen MR) is 125 cm³/mol. The maximum Gasteiger partial charge on any atom is 0.228 e. The summed E-state index contributed by atoms with van der Waals surface area (Å²) in [7, 11) is 3.29. The Hall–Kier alpha value is -3.26. The van der Waals surface area contributed by atoms with Gasteiger partial charge < -0.3 is 30.3 Å². The Morgan fingerprint density at radius 3 is 2.76 bits per heavy atom. The molecule has 0 radical (unpaired) electrons. The monoisotopic (exact) mass is 450 g/mol. The lowest BCUT2D eigenvalue weighted by Gasteiger charge is -2.41. The highest BCUT2D eigenvalue weighted by Crippen LogP contribution is 2.44. The molecule has 1 aliphatic carbocycles. The summed E-state index contributed by atoms with van der Waals surface area (Å²) in [4.78, 5) is 20.5. The number of carbonyl (C=O) groups excluding carboxylic acids is 1. The minimum Gasteiger partial charge on any atom is -0.497 e. The van der Waals surface area contributed by atoms with Crippen molar-refractivity contribution in [1.29, 1.82) is 0 Å². The highest BCUT2D eigenvalue weighted by Gasteiger charge is 2.52. The molecule has 2 aromatic rings. The second-order valence-corrected chi connectivity index (χ2v) is 8.87. The first-order chi connectivity index (χ1) is 16.1. The lowest BCUT2D eigenvalue weighted by atomic mass is 9.90. The Balaban J connectivity index is 1.59. The Labute approximate surface area is 193 Å². The number of hydrogen-bond acceptors (Lipinski definition) is 7. The summed E-state index contributed by atoms with van der Waals surface area (Å²) in [6.07, 6.45) is 4.76. The zero-order chi connectivity index (χ0) is 23.0. The number of fused-ring (bicyclic) bond motifs is 1. The lowest BCUT2D eigenvalue weighted by Crippen LogP contribution is -2.57. The van der Waals surface area contributed by atoms with Crippen molar-refractivity contribution >= 4 is 17.4 Å². The molecule has 5 rings (SSSR count). The SMILES string of the molecule is COc1ccc(CN2C(c3cccc4c3NC(=O)C4)=NOC2(CN)C2CCCC2)c(OC)c1. The van der Waals surface area contributed by atoms with Crippen LogP contribution in [0.3, 0.4) is 0 Å². The third-order valence-electron chi connectivity index (χ3n) is 7.12. The number of anilines is 1. The van der Waals surface area contributed by atoms with E-state index < -0.39 is 5.72 Å². The van der Waals surface area contributed by atoms with Gasteiger partial charge in [0.25, 0.3) is 0 Å². The van der Waals surface area contributed by atoms with Crippen molar-refractivity contribution in [2.45, 2.75) is 44.4 Å². The second kappa shape index (κ2) is 8.59. The molecule has 8 heteroatoms. The molecule has 2 aromatic carbocycles. The average Bonchev–Trinajstić information content (AvgIpc) is 3.57. The average molecular weight is 451 g/mol. The molecule has 2 aliphatic heterocycles. The number of carbonyl (C=O) groups is 1. The van der Waals surface area contributed by atoms with E-state index in [1.54, 1.807) is 14.2 Å². The van der Waals surface area contributed by atoms with E-state index in [2.05, 4.69) is 15.4 Å². The number of methoxy groups -OCH3 is 2. The van der Waals surface area contributed by atoms with Gasteiger partial charge in [-0.15, -0.1) is 0 Å². The molecule has 174 valence electrons. The molecule has 3 aliphatic rings. The molecule has 33 heavy (non-hydrogen) atoms. The summed E-state index contributed by atoms with van der Waals surface area (Å²) >= 11 is 0. The third-order valence-corrected chi connectivity index (χ3v) is 7.12. The van der Waals surface area contributed by atoms with Gasteiger partial charge >= 0.3 is 0 Å². The van der Waals surface area contributed by atoms with Gasteiger partial charge in [-0.3, -0.25) is 4.79 Å². The molecule has 1 saturated carbocycles. The van der Waals surface area contributed by atoms with Gasteiger partial charge in [0.15, 0.2) is 5.84 Å². The van der Waals surface area contributed by atoms with Crippen LogP contribution in [-0.4, -0.2) is 43.1 Å². The largest absolute Gasteiger partial charge is 0.497 e.